The second-order valence-electron chi connectivity index (χ2n) is 5.52. The summed E-state index contributed by atoms with van der Waals surface area (Å²) in [4.78, 5) is 16.9. The van der Waals surface area contributed by atoms with Gasteiger partial charge in [-0.05, 0) is 19.3 Å². The van der Waals surface area contributed by atoms with E-state index >= 15 is 0 Å². The molecule has 1 N–H and O–H groups in total. The van der Waals surface area contributed by atoms with Gasteiger partial charge in [0.15, 0.2) is 5.78 Å². The van der Waals surface area contributed by atoms with E-state index in [-0.39, 0.29) is 11.9 Å². The third kappa shape index (κ3) is 10.7. The van der Waals surface area contributed by atoms with Crippen molar-refractivity contribution in [2.45, 2.75) is 78.7 Å². The van der Waals surface area contributed by atoms with Gasteiger partial charge in [-0.15, -0.1) is 0 Å². The summed E-state index contributed by atoms with van der Waals surface area (Å²) < 4.78 is 0. The zero-order valence-electron chi connectivity index (χ0n) is 12.6. The van der Waals surface area contributed by atoms with Crippen molar-refractivity contribution < 1.29 is 9.63 Å². The number of hydroxylamine groups is 1. The zero-order valence-corrected chi connectivity index (χ0v) is 12.6. The Labute approximate surface area is 113 Å². The Balaban J connectivity index is 3.61. The molecule has 0 aliphatic carbocycles. The summed E-state index contributed by atoms with van der Waals surface area (Å²) in [6.07, 6.45) is 8.04. The first-order chi connectivity index (χ1) is 8.57. The molecule has 1 atom stereocenters. The highest BCUT2D eigenvalue weighted by molar-refractivity contribution is 5.80. The molecule has 0 radical (unpaired) electrons. The van der Waals surface area contributed by atoms with Crippen molar-refractivity contribution in [3.63, 3.8) is 0 Å². The number of hydrogen-bond donors (Lipinski definition) is 1. The van der Waals surface area contributed by atoms with Crippen LogP contribution in [0.5, 0.6) is 0 Å². The number of unbranched alkanes of at least 4 members (excludes halogenated alkanes) is 5. The molecular weight excluding hydrogens is 226 g/mol. The molecule has 0 aromatic carbocycles. The van der Waals surface area contributed by atoms with Gasteiger partial charge in [0, 0.05) is 6.54 Å². The first-order valence-corrected chi connectivity index (χ1v) is 7.46. The van der Waals surface area contributed by atoms with Crippen LogP contribution in [0.3, 0.4) is 0 Å². The van der Waals surface area contributed by atoms with Crippen LogP contribution in [0.4, 0.5) is 0 Å². The van der Waals surface area contributed by atoms with Crippen molar-refractivity contribution in [3.05, 3.63) is 0 Å². The van der Waals surface area contributed by atoms with Crippen LogP contribution in [0.25, 0.3) is 0 Å². The molecule has 0 rings (SSSR count). The van der Waals surface area contributed by atoms with Crippen LogP contribution < -0.4 is 5.48 Å². The number of ketones is 1. The van der Waals surface area contributed by atoms with Gasteiger partial charge >= 0.3 is 0 Å². The van der Waals surface area contributed by atoms with E-state index in [0.29, 0.717) is 5.92 Å². The molecule has 3 nitrogen and oxygen atoms in total. The monoisotopic (exact) mass is 257 g/mol. The van der Waals surface area contributed by atoms with Gasteiger partial charge in [-0.25, -0.2) is 5.48 Å². The lowest BCUT2D eigenvalue weighted by Gasteiger charge is -2.16. The van der Waals surface area contributed by atoms with Crippen molar-refractivity contribution >= 4 is 5.78 Å². The molecular formula is C15H31NO2. The minimum Gasteiger partial charge on any atom is -0.297 e. The van der Waals surface area contributed by atoms with Gasteiger partial charge in [-0.1, -0.05) is 59.3 Å². The smallest absolute Gasteiger partial charge is 0.160 e. The summed E-state index contributed by atoms with van der Waals surface area (Å²) >= 11 is 0. The highest BCUT2D eigenvalue weighted by atomic mass is 16.7. The van der Waals surface area contributed by atoms with Gasteiger partial charge in [0.2, 0.25) is 0 Å². The number of carbonyl (C=O) groups excluding carboxylic acids is 1. The van der Waals surface area contributed by atoms with E-state index in [9.17, 15) is 4.79 Å². The molecule has 0 saturated carbocycles. The molecule has 0 aliphatic heterocycles. The summed E-state index contributed by atoms with van der Waals surface area (Å²) in [7, 11) is 0. The van der Waals surface area contributed by atoms with Crippen molar-refractivity contribution in [3.8, 4) is 0 Å². The van der Waals surface area contributed by atoms with Crippen LogP contribution >= 0.6 is 0 Å². The van der Waals surface area contributed by atoms with Crippen LogP contribution in [0.1, 0.15) is 72.6 Å². The Hall–Kier alpha value is -0.410. The third-order valence-electron chi connectivity index (χ3n) is 2.99. The quantitative estimate of drug-likeness (QED) is 0.426. The van der Waals surface area contributed by atoms with Gasteiger partial charge in [0.1, 0.15) is 6.10 Å². The average Bonchev–Trinajstić information content (AvgIpc) is 2.30. The molecule has 3 heteroatoms. The number of hydrogen-bond acceptors (Lipinski definition) is 3. The Morgan fingerprint density at radius 3 is 2.28 bits per heavy atom. The summed E-state index contributed by atoms with van der Waals surface area (Å²) in [5, 5.41) is 0. The largest absolute Gasteiger partial charge is 0.297 e. The van der Waals surface area contributed by atoms with E-state index in [1.807, 2.05) is 0 Å². The molecule has 0 fully saturated rings. The van der Waals surface area contributed by atoms with Gasteiger partial charge < -0.3 is 0 Å². The minimum atomic E-state index is -0.269. The lowest BCUT2D eigenvalue weighted by Crippen LogP contribution is -2.31. The molecule has 0 amide bonds. The van der Waals surface area contributed by atoms with Crippen LogP contribution in [-0.4, -0.2) is 18.4 Å². The molecule has 0 aromatic rings. The second kappa shape index (κ2) is 11.7. The maximum atomic E-state index is 11.4. The Morgan fingerprint density at radius 2 is 1.72 bits per heavy atom. The van der Waals surface area contributed by atoms with Gasteiger partial charge in [-0.2, -0.15) is 0 Å². The number of rotatable bonds is 12. The van der Waals surface area contributed by atoms with E-state index in [2.05, 4.69) is 26.3 Å². The Kier molecular flexibility index (Phi) is 11.4. The number of Topliss-reactive ketones (excluding diaryl/α,β-unsaturated/α-hetero) is 1. The minimum absolute atomic E-state index is 0.125. The first-order valence-electron chi connectivity index (χ1n) is 7.46. The van der Waals surface area contributed by atoms with Crippen LogP contribution in [0.15, 0.2) is 0 Å². The standard InChI is InChI=1S/C15H31NO2/c1-5-6-7-8-9-10-11-15(14(4)17)18-16-12-13(2)3/h13,15-16H,5-12H2,1-4H3. The van der Waals surface area contributed by atoms with Crippen LogP contribution in [0.2, 0.25) is 0 Å². The molecule has 0 saturated heterocycles. The van der Waals surface area contributed by atoms with Gasteiger partial charge in [-0.3, -0.25) is 9.63 Å². The van der Waals surface area contributed by atoms with Crippen LogP contribution in [-0.2, 0) is 9.63 Å². The van der Waals surface area contributed by atoms with Crippen molar-refractivity contribution in [2.75, 3.05) is 6.54 Å². The normalized spacial score (nSPS) is 12.9. The van der Waals surface area contributed by atoms with Crippen molar-refractivity contribution in [1.82, 2.24) is 5.48 Å². The fourth-order valence-electron chi connectivity index (χ4n) is 1.77. The predicted molar refractivity (Wildman–Crippen MR) is 76.4 cm³/mol. The molecule has 0 heterocycles. The topological polar surface area (TPSA) is 38.3 Å². The van der Waals surface area contributed by atoms with Crippen molar-refractivity contribution in [2.24, 2.45) is 5.92 Å². The highest BCUT2D eigenvalue weighted by Crippen LogP contribution is 2.10. The molecule has 0 aliphatic rings. The maximum Gasteiger partial charge on any atom is 0.160 e. The summed E-state index contributed by atoms with van der Waals surface area (Å²) in [6, 6.07) is 0. The Morgan fingerprint density at radius 1 is 1.11 bits per heavy atom. The number of carbonyl (C=O) groups is 1. The lowest BCUT2D eigenvalue weighted by molar-refractivity contribution is -0.134. The highest BCUT2D eigenvalue weighted by Gasteiger charge is 2.14. The molecule has 108 valence electrons. The molecule has 0 bridgehead atoms. The van der Waals surface area contributed by atoms with E-state index < -0.39 is 0 Å². The third-order valence-corrected chi connectivity index (χ3v) is 2.99. The predicted octanol–water partition coefficient (Wildman–Crippen LogP) is 3.87. The maximum absolute atomic E-state index is 11.4. The van der Waals surface area contributed by atoms with Gasteiger partial charge in [0.25, 0.3) is 0 Å². The van der Waals surface area contributed by atoms with Crippen LogP contribution in [0, 0.1) is 5.92 Å². The fraction of sp³-hybridized carbons (Fsp3) is 0.933. The SMILES string of the molecule is CCCCCCCCC(ONCC(C)C)C(C)=O. The zero-order chi connectivity index (χ0) is 13.8. The van der Waals surface area contributed by atoms with E-state index in [1.165, 1.54) is 32.1 Å². The summed E-state index contributed by atoms with van der Waals surface area (Å²) in [6.45, 7) is 8.86. The fourth-order valence-corrected chi connectivity index (χ4v) is 1.77. The summed E-state index contributed by atoms with van der Waals surface area (Å²) in [5.74, 6) is 0.659. The van der Waals surface area contributed by atoms with Gasteiger partial charge in [0.05, 0.1) is 0 Å². The molecule has 0 spiro atoms. The van der Waals surface area contributed by atoms with Crippen molar-refractivity contribution in [1.29, 1.82) is 0 Å². The average molecular weight is 257 g/mol. The first kappa shape index (κ1) is 17.6. The number of nitrogens with one attached hydrogen (secondary N) is 1. The van der Waals surface area contributed by atoms with E-state index in [0.717, 1.165) is 19.4 Å². The summed E-state index contributed by atoms with van der Waals surface area (Å²) in [5.41, 5.74) is 2.91. The van der Waals surface area contributed by atoms with E-state index in [4.69, 9.17) is 4.84 Å². The lowest BCUT2D eigenvalue weighted by atomic mass is 10.1. The Bertz CT molecular complexity index is 205. The molecule has 0 aromatic heterocycles. The van der Waals surface area contributed by atoms with E-state index in [1.54, 1.807) is 6.92 Å². The second-order valence-corrected chi connectivity index (χ2v) is 5.52. The molecule has 1 unspecified atom stereocenters. The molecule has 18 heavy (non-hydrogen) atoms.